The summed E-state index contributed by atoms with van der Waals surface area (Å²) in [5.74, 6) is 0. The maximum absolute atomic E-state index is 12.0. The van der Waals surface area contributed by atoms with Crippen molar-refractivity contribution in [2.75, 3.05) is 6.61 Å². The maximum Gasteiger partial charge on any atom is 0.330 e. The van der Waals surface area contributed by atoms with Gasteiger partial charge in [-0.25, -0.2) is 4.79 Å². The number of nitrogens with zero attached hydrogens (tertiary/aromatic N) is 1. The molecule has 0 saturated carbocycles. The van der Waals surface area contributed by atoms with Crippen LogP contribution in [0.3, 0.4) is 0 Å². The Morgan fingerprint density at radius 1 is 1.52 bits per heavy atom. The molecule has 1 aromatic rings. The van der Waals surface area contributed by atoms with E-state index >= 15 is 0 Å². The number of aromatic amines is 1. The maximum atomic E-state index is 12.0. The van der Waals surface area contributed by atoms with Gasteiger partial charge in [0.2, 0.25) is 0 Å². The average Bonchev–Trinajstić information content (AvgIpc) is 2.60. The van der Waals surface area contributed by atoms with Crippen LogP contribution in [0, 0.1) is 6.92 Å². The van der Waals surface area contributed by atoms with Crippen LogP contribution >= 0.6 is 0 Å². The van der Waals surface area contributed by atoms with Crippen LogP contribution in [0.25, 0.3) is 0 Å². The molecule has 0 unspecified atom stereocenters. The summed E-state index contributed by atoms with van der Waals surface area (Å²) in [5.41, 5.74) is -1.90. The third-order valence-corrected chi connectivity index (χ3v) is 4.20. The predicted molar refractivity (Wildman–Crippen MR) is 71.0 cm³/mol. The second kappa shape index (κ2) is 4.77. The molecule has 2 aliphatic heterocycles. The molecule has 3 heterocycles. The monoisotopic (exact) mass is 298 g/mol. The van der Waals surface area contributed by atoms with Crippen molar-refractivity contribution in [2.45, 2.75) is 50.4 Å². The van der Waals surface area contributed by atoms with Gasteiger partial charge in [0.1, 0.15) is 17.8 Å². The summed E-state index contributed by atoms with van der Waals surface area (Å²) >= 11 is 0. The number of nitrogens with one attached hydrogen (secondary N) is 1. The first-order chi connectivity index (χ1) is 9.88. The largest absolute Gasteiger partial charge is 0.393 e. The van der Waals surface area contributed by atoms with Crippen LogP contribution in [-0.4, -0.2) is 50.3 Å². The fourth-order valence-electron chi connectivity index (χ4n) is 3.13. The zero-order valence-electron chi connectivity index (χ0n) is 11.8. The van der Waals surface area contributed by atoms with Gasteiger partial charge in [-0.15, -0.1) is 0 Å². The van der Waals surface area contributed by atoms with E-state index in [1.165, 1.54) is 10.8 Å². The number of aromatic nitrogens is 2. The molecule has 0 radical (unpaired) electrons. The summed E-state index contributed by atoms with van der Waals surface area (Å²) in [6.07, 6.45) is -1.21. The van der Waals surface area contributed by atoms with Crippen molar-refractivity contribution in [3.8, 4) is 0 Å². The van der Waals surface area contributed by atoms with E-state index in [-0.39, 0.29) is 12.7 Å². The van der Waals surface area contributed by atoms with Gasteiger partial charge in [-0.05, 0) is 13.8 Å². The van der Waals surface area contributed by atoms with Crippen molar-refractivity contribution in [1.82, 2.24) is 9.55 Å². The highest BCUT2D eigenvalue weighted by Crippen LogP contribution is 2.45. The highest BCUT2D eigenvalue weighted by molar-refractivity contribution is 5.08. The van der Waals surface area contributed by atoms with E-state index in [0.29, 0.717) is 12.0 Å². The van der Waals surface area contributed by atoms with Crippen LogP contribution in [0.2, 0.25) is 0 Å². The molecular weight excluding hydrogens is 280 g/mol. The van der Waals surface area contributed by atoms with Gasteiger partial charge in [-0.3, -0.25) is 14.3 Å². The Morgan fingerprint density at radius 3 is 2.90 bits per heavy atom. The standard InChI is InChI=1S/C13H18N2O6/c1-6-4-15(12(19)14-10(6)18)11-8-9(17)13(5-16,21-11)3-7(2)20-8/h4,7-9,11,16-17H,3,5H2,1-2H3,(H,14,18,19)/t7-,8+,9-,11+,13+/m0/s1. The van der Waals surface area contributed by atoms with Crippen LogP contribution in [0.4, 0.5) is 0 Å². The van der Waals surface area contributed by atoms with Crippen molar-refractivity contribution in [3.63, 3.8) is 0 Å². The number of H-pyrrole nitrogens is 1. The molecule has 0 amide bonds. The summed E-state index contributed by atoms with van der Waals surface area (Å²) in [4.78, 5) is 25.6. The Bertz CT molecular complexity index is 667. The molecule has 116 valence electrons. The second-order valence-electron chi connectivity index (χ2n) is 5.77. The minimum Gasteiger partial charge on any atom is -0.393 e. The van der Waals surface area contributed by atoms with E-state index in [0.717, 1.165) is 0 Å². The first kappa shape index (κ1) is 14.5. The fraction of sp³-hybridized carbons (Fsp3) is 0.692. The number of ether oxygens (including phenoxy) is 2. The number of hydrogen-bond acceptors (Lipinski definition) is 6. The summed E-state index contributed by atoms with van der Waals surface area (Å²) < 4.78 is 12.6. The summed E-state index contributed by atoms with van der Waals surface area (Å²) in [5, 5.41) is 19.9. The Labute approximate surface area is 119 Å². The molecule has 1 aromatic heterocycles. The Hall–Kier alpha value is -1.48. The molecule has 2 bridgehead atoms. The molecule has 2 fully saturated rings. The molecule has 5 atom stereocenters. The van der Waals surface area contributed by atoms with E-state index in [1.807, 2.05) is 6.92 Å². The third-order valence-electron chi connectivity index (χ3n) is 4.20. The normalized spacial score (nSPS) is 38.7. The van der Waals surface area contributed by atoms with Crippen LogP contribution in [0.15, 0.2) is 15.8 Å². The lowest BCUT2D eigenvalue weighted by atomic mass is 9.87. The summed E-state index contributed by atoms with van der Waals surface area (Å²) in [6, 6.07) is 0. The Kier molecular flexibility index (Phi) is 3.28. The molecule has 2 aliphatic rings. The third kappa shape index (κ3) is 2.06. The lowest BCUT2D eigenvalue weighted by Crippen LogP contribution is -2.53. The zero-order valence-corrected chi connectivity index (χ0v) is 11.8. The smallest absolute Gasteiger partial charge is 0.330 e. The van der Waals surface area contributed by atoms with Crippen molar-refractivity contribution >= 4 is 0 Å². The Morgan fingerprint density at radius 2 is 2.24 bits per heavy atom. The van der Waals surface area contributed by atoms with Gasteiger partial charge in [0.15, 0.2) is 6.23 Å². The van der Waals surface area contributed by atoms with Crippen LogP contribution in [-0.2, 0) is 9.47 Å². The number of aliphatic hydroxyl groups excluding tert-OH is 2. The van der Waals surface area contributed by atoms with E-state index in [4.69, 9.17) is 9.47 Å². The highest BCUT2D eigenvalue weighted by atomic mass is 16.6. The van der Waals surface area contributed by atoms with Gasteiger partial charge >= 0.3 is 5.69 Å². The van der Waals surface area contributed by atoms with Crippen molar-refractivity contribution < 1.29 is 19.7 Å². The zero-order chi connectivity index (χ0) is 15.4. The quantitative estimate of drug-likeness (QED) is 0.621. The number of aliphatic hydroxyl groups is 2. The SMILES string of the molecule is Cc1cn([C@@H]2O[C@@]3(CO)C[C@H](C)O[C@@H]2[C@@H]3O)c(=O)[nH]c1=O. The topological polar surface area (TPSA) is 114 Å². The predicted octanol–water partition coefficient (Wildman–Crippen LogP) is -1.36. The van der Waals surface area contributed by atoms with E-state index in [9.17, 15) is 19.8 Å². The Balaban J connectivity index is 2.07. The number of aryl methyl sites for hydroxylation is 1. The minimum atomic E-state index is -1.14. The molecule has 21 heavy (non-hydrogen) atoms. The first-order valence-electron chi connectivity index (χ1n) is 6.82. The number of hydrogen-bond donors (Lipinski definition) is 3. The van der Waals surface area contributed by atoms with Gasteiger partial charge in [-0.1, -0.05) is 0 Å². The summed E-state index contributed by atoms with van der Waals surface area (Å²) in [7, 11) is 0. The van der Waals surface area contributed by atoms with Gasteiger partial charge in [0.05, 0.1) is 12.7 Å². The van der Waals surface area contributed by atoms with E-state index in [2.05, 4.69) is 4.98 Å². The molecule has 0 aliphatic carbocycles. The minimum absolute atomic E-state index is 0.213. The lowest BCUT2D eigenvalue weighted by Gasteiger charge is -2.37. The number of rotatable bonds is 2. The van der Waals surface area contributed by atoms with Gasteiger partial charge in [0, 0.05) is 18.2 Å². The first-order valence-corrected chi connectivity index (χ1v) is 6.82. The van der Waals surface area contributed by atoms with Crippen LogP contribution < -0.4 is 11.2 Å². The van der Waals surface area contributed by atoms with Gasteiger partial charge < -0.3 is 19.7 Å². The molecule has 3 N–H and O–H groups in total. The molecule has 0 spiro atoms. The van der Waals surface area contributed by atoms with Crippen LogP contribution in [0.1, 0.15) is 25.1 Å². The van der Waals surface area contributed by atoms with Crippen molar-refractivity contribution in [2.24, 2.45) is 0 Å². The average molecular weight is 298 g/mol. The van der Waals surface area contributed by atoms with E-state index in [1.54, 1.807) is 6.92 Å². The molecule has 8 nitrogen and oxygen atoms in total. The fourth-order valence-corrected chi connectivity index (χ4v) is 3.13. The highest BCUT2D eigenvalue weighted by Gasteiger charge is 2.60. The molecule has 2 saturated heterocycles. The lowest BCUT2D eigenvalue weighted by molar-refractivity contribution is -0.161. The van der Waals surface area contributed by atoms with Crippen molar-refractivity contribution in [1.29, 1.82) is 0 Å². The second-order valence-corrected chi connectivity index (χ2v) is 5.77. The molecular formula is C13H18N2O6. The molecule has 8 heteroatoms. The van der Waals surface area contributed by atoms with E-state index < -0.39 is 35.3 Å². The van der Waals surface area contributed by atoms with Crippen molar-refractivity contribution in [3.05, 3.63) is 32.6 Å². The summed E-state index contributed by atoms with van der Waals surface area (Å²) in [6.45, 7) is 3.01. The van der Waals surface area contributed by atoms with Gasteiger partial charge in [0.25, 0.3) is 5.56 Å². The molecule has 3 rings (SSSR count). The van der Waals surface area contributed by atoms with Crippen LogP contribution in [0.5, 0.6) is 0 Å². The van der Waals surface area contributed by atoms with Gasteiger partial charge in [-0.2, -0.15) is 0 Å². The number of fused-ring (bicyclic) bond motifs is 2. The molecule has 0 aromatic carbocycles.